The van der Waals surface area contributed by atoms with E-state index in [9.17, 15) is 19.0 Å². The van der Waals surface area contributed by atoms with E-state index in [1.54, 1.807) is 0 Å². The standard InChI is InChI=1S/C18H35O10P/c1-3-5-7-9-17(21)25-13-16(28-18(22)10-8-6-4-2)14-27-29(23,24)26-12-15(20)11-19/h15-16,19-20H,3-14H2,1-2H3,(H,23,24)/t15?,16-/m1/s1. The van der Waals surface area contributed by atoms with Gasteiger partial charge >= 0.3 is 19.8 Å². The van der Waals surface area contributed by atoms with E-state index in [4.69, 9.17) is 24.2 Å². The van der Waals surface area contributed by atoms with Crippen LogP contribution in [0.1, 0.15) is 65.2 Å². The van der Waals surface area contributed by atoms with Crippen LogP contribution in [0.4, 0.5) is 0 Å². The van der Waals surface area contributed by atoms with Crippen molar-refractivity contribution in [1.29, 1.82) is 0 Å². The number of esters is 2. The van der Waals surface area contributed by atoms with Crippen LogP contribution in [0.3, 0.4) is 0 Å². The lowest BCUT2D eigenvalue weighted by Gasteiger charge is -2.20. The quantitative estimate of drug-likeness (QED) is 0.164. The molecule has 29 heavy (non-hydrogen) atoms. The summed E-state index contributed by atoms with van der Waals surface area (Å²) < 4.78 is 31.4. The summed E-state index contributed by atoms with van der Waals surface area (Å²) in [4.78, 5) is 33.3. The third-order valence-corrected chi connectivity index (χ3v) is 4.71. The van der Waals surface area contributed by atoms with Gasteiger partial charge in [-0.1, -0.05) is 39.5 Å². The van der Waals surface area contributed by atoms with Crippen LogP contribution in [0, 0.1) is 0 Å². The minimum atomic E-state index is -4.55. The number of carbonyl (C=O) groups excluding carboxylic acids is 2. The highest BCUT2D eigenvalue weighted by atomic mass is 31.2. The summed E-state index contributed by atoms with van der Waals surface area (Å²) in [6.07, 6.45) is 2.93. The summed E-state index contributed by atoms with van der Waals surface area (Å²) in [5.41, 5.74) is 0. The molecular formula is C18H35O10P. The van der Waals surface area contributed by atoms with Gasteiger partial charge in [0.25, 0.3) is 0 Å². The molecule has 0 saturated carbocycles. The number of carbonyl (C=O) groups is 2. The first-order valence-electron chi connectivity index (χ1n) is 9.99. The number of unbranched alkanes of at least 4 members (excludes halogenated alkanes) is 4. The number of rotatable bonds is 18. The molecule has 172 valence electrons. The van der Waals surface area contributed by atoms with Crippen molar-refractivity contribution in [2.75, 3.05) is 26.4 Å². The first-order chi connectivity index (χ1) is 13.7. The van der Waals surface area contributed by atoms with Gasteiger partial charge in [0.2, 0.25) is 0 Å². The normalized spacial score (nSPS) is 15.3. The summed E-state index contributed by atoms with van der Waals surface area (Å²) in [6, 6.07) is 0. The summed E-state index contributed by atoms with van der Waals surface area (Å²) in [6.45, 7) is 1.89. The monoisotopic (exact) mass is 442 g/mol. The van der Waals surface area contributed by atoms with Crippen molar-refractivity contribution in [3.05, 3.63) is 0 Å². The van der Waals surface area contributed by atoms with Crippen molar-refractivity contribution in [1.82, 2.24) is 0 Å². The second kappa shape index (κ2) is 16.7. The van der Waals surface area contributed by atoms with Gasteiger partial charge in [0.05, 0.1) is 19.8 Å². The molecule has 0 aromatic carbocycles. The van der Waals surface area contributed by atoms with E-state index in [1.807, 2.05) is 13.8 Å². The third-order valence-electron chi connectivity index (χ3n) is 3.76. The lowest BCUT2D eigenvalue weighted by atomic mass is 10.2. The lowest BCUT2D eigenvalue weighted by molar-refractivity contribution is -0.161. The molecule has 0 aliphatic rings. The van der Waals surface area contributed by atoms with E-state index in [-0.39, 0.29) is 19.4 Å². The lowest BCUT2D eigenvalue weighted by Crippen LogP contribution is -2.29. The number of aliphatic hydroxyl groups excluding tert-OH is 2. The van der Waals surface area contributed by atoms with E-state index in [0.29, 0.717) is 12.8 Å². The van der Waals surface area contributed by atoms with Gasteiger partial charge in [-0.3, -0.25) is 18.6 Å². The number of hydrogen-bond donors (Lipinski definition) is 3. The van der Waals surface area contributed by atoms with E-state index >= 15 is 0 Å². The van der Waals surface area contributed by atoms with Crippen molar-refractivity contribution in [3.8, 4) is 0 Å². The second-order valence-electron chi connectivity index (χ2n) is 6.61. The van der Waals surface area contributed by atoms with E-state index in [1.165, 1.54) is 0 Å². The summed E-state index contributed by atoms with van der Waals surface area (Å²) in [5.74, 6) is -0.988. The van der Waals surface area contributed by atoms with Gasteiger partial charge in [0.1, 0.15) is 12.7 Å². The molecule has 3 atom stereocenters. The molecule has 2 unspecified atom stereocenters. The molecule has 0 bridgehead atoms. The SMILES string of the molecule is CCCCCC(=O)OC[C@H](COP(=O)(O)OCC(O)CO)OC(=O)CCCCC. The van der Waals surface area contributed by atoms with Crippen molar-refractivity contribution >= 4 is 19.8 Å². The highest BCUT2D eigenvalue weighted by Crippen LogP contribution is 2.43. The van der Waals surface area contributed by atoms with E-state index in [0.717, 1.165) is 25.7 Å². The zero-order valence-electron chi connectivity index (χ0n) is 17.3. The van der Waals surface area contributed by atoms with Crippen LogP contribution in [0.2, 0.25) is 0 Å². The van der Waals surface area contributed by atoms with Gasteiger partial charge < -0.3 is 24.6 Å². The number of phosphoric acid groups is 1. The molecule has 0 aliphatic carbocycles. The van der Waals surface area contributed by atoms with Gasteiger partial charge in [0.15, 0.2) is 6.10 Å². The van der Waals surface area contributed by atoms with Crippen LogP contribution in [-0.2, 0) is 32.7 Å². The van der Waals surface area contributed by atoms with Crippen LogP contribution in [0.15, 0.2) is 0 Å². The molecular weight excluding hydrogens is 407 g/mol. The smallest absolute Gasteiger partial charge is 0.462 e. The molecule has 3 N–H and O–H groups in total. The molecule has 11 heteroatoms. The minimum Gasteiger partial charge on any atom is -0.462 e. The Hall–Kier alpha value is -1.03. The first kappa shape index (κ1) is 28.0. The fourth-order valence-electron chi connectivity index (χ4n) is 2.11. The number of phosphoric ester groups is 1. The maximum atomic E-state index is 11.9. The molecule has 0 aromatic rings. The van der Waals surface area contributed by atoms with Crippen LogP contribution >= 0.6 is 7.82 Å². The largest absolute Gasteiger partial charge is 0.472 e. The van der Waals surface area contributed by atoms with Crippen molar-refractivity contribution < 1.29 is 47.8 Å². The predicted octanol–water partition coefficient (Wildman–Crippen LogP) is 2.09. The van der Waals surface area contributed by atoms with Crippen LogP contribution in [0.5, 0.6) is 0 Å². The Labute approximate surface area is 172 Å². The maximum absolute atomic E-state index is 11.9. The van der Waals surface area contributed by atoms with Crippen molar-refractivity contribution in [3.63, 3.8) is 0 Å². The number of aliphatic hydroxyl groups is 2. The molecule has 0 aromatic heterocycles. The zero-order valence-corrected chi connectivity index (χ0v) is 18.2. The van der Waals surface area contributed by atoms with Crippen molar-refractivity contribution in [2.45, 2.75) is 77.4 Å². The Morgan fingerprint density at radius 3 is 2.00 bits per heavy atom. The second-order valence-corrected chi connectivity index (χ2v) is 8.06. The van der Waals surface area contributed by atoms with Crippen LogP contribution in [-0.4, -0.2) is 65.7 Å². The topological polar surface area (TPSA) is 149 Å². The number of ether oxygens (including phenoxy) is 2. The Kier molecular flexibility index (Phi) is 16.1. The summed E-state index contributed by atoms with van der Waals surface area (Å²) >= 11 is 0. The van der Waals surface area contributed by atoms with Gasteiger partial charge in [0, 0.05) is 12.8 Å². The Morgan fingerprint density at radius 1 is 0.897 bits per heavy atom. The van der Waals surface area contributed by atoms with Gasteiger partial charge in [-0.15, -0.1) is 0 Å². The van der Waals surface area contributed by atoms with Gasteiger partial charge in [-0.25, -0.2) is 4.57 Å². The summed E-state index contributed by atoms with van der Waals surface area (Å²) in [7, 11) is -4.55. The van der Waals surface area contributed by atoms with Crippen LogP contribution in [0.25, 0.3) is 0 Å². The Morgan fingerprint density at radius 2 is 1.45 bits per heavy atom. The average Bonchev–Trinajstić information content (AvgIpc) is 2.68. The highest BCUT2D eigenvalue weighted by Gasteiger charge is 2.27. The molecule has 0 aliphatic heterocycles. The highest BCUT2D eigenvalue weighted by molar-refractivity contribution is 7.47. The average molecular weight is 442 g/mol. The van der Waals surface area contributed by atoms with Crippen LogP contribution < -0.4 is 0 Å². The molecule has 0 spiro atoms. The van der Waals surface area contributed by atoms with Gasteiger partial charge in [-0.2, -0.15) is 0 Å². The third kappa shape index (κ3) is 16.5. The number of hydrogen-bond acceptors (Lipinski definition) is 9. The first-order valence-corrected chi connectivity index (χ1v) is 11.5. The molecule has 0 heterocycles. The maximum Gasteiger partial charge on any atom is 0.472 e. The molecule has 0 fully saturated rings. The molecule has 0 rings (SSSR count). The fourth-order valence-corrected chi connectivity index (χ4v) is 2.89. The van der Waals surface area contributed by atoms with E-state index < -0.39 is 51.8 Å². The molecule has 0 radical (unpaired) electrons. The van der Waals surface area contributed by atoms with E-state index in [2.05, 4.69) is 4.52 Å². The minimum absolute atomic E-state index is 0.171. The fraction of sp³-hybridized carbons (Fsp3) is 0.889. The van der Waals surface area contributed by atoms with Gasteiger partial charge in [-0.05, 0) is 12.8 Å². The predicted molar refractivity (Wildman–Crippen MR) is 104 cm³/mol. The molecule has 0 saturated heterocycles. The zero-order chi connectivity index (χ0) is 22.1. The van der Waals surface area contributed by atoms with Crippen molar-refractivity contribution in [2.24, 2.45) is 0 Å². The molecule has 10 nitrogen and oxygen atoms in total. The Bertz CT molecular complexity index is 499. The summed E-state index contributed by atoms with van der Waals surface area (Å²) in [5, 5.41) is 17.9. The Balaban J connectivity index is 4.62. The molecule has 0 amide bonds.